The molecule has 1 fully saturated rings. The fourth-order valence-electron chi connectivity index (χ4n) is 2.33. The Labute approximate surface area is 104 Å². The van der Waals surface area contributed by atoms with Gasteiger partial charge < -0.3 is 5.32 Å². The molecule has 2 aromatic rings. The van der Waals surface area contributed by atoms with E-state index >= 15 is 0 Å². The summed E-state index contributed by atoms with van der Waals surface area (Å²) in [6.07, 6.45) is 8.44. The Morgan fingerprint density at radius 1 is 1.24 bits per heavy atom. The van der Waals surface area contributed by atoms with E-state index in [1.165, 1.54) is 25.7 Å². The van der Waals surface area contributed by atoms with Crippen LogP contribution in [-0.4, -0.2) is 21.0 Å². The van der Waals surface area contributed by atoms with Crippen molar-refractivity contribution < 1.29 is 0 Å². The Kier molecular flexibility index (Phi) is 2.81. The Balaban J connectivity index is 2.01. The number of hydrogen-bond donors (Lipinski definition) is 1. The first-order valence-corrected chi connectivity index (χ1v) is 6.24. The van der Waals surface area contributed by atoms with Crippen LogP contribution in [0.25, 0.3) is 10.9 Å². The predicted octanol–water partition coefficient (Wildman–Crippen LogP) is 3.03. The number of nitrogens with zero attached hydrogens (tertiary/aromatic N) is 3. The standard InChI is InChI=1S/C12H13ClN4/c13-12-16-10-7-14-6-5-9(10)11(17-12)15-8-3-1-2-4-8/h5-8H,1-4H2,(H,15,16,17). The van der Waals surface area contributed by atoms with Gasteiger partial charge in [0.15, 0.2) is 0 Å². The smallest absolute Gasteiger partial charge is 0.224 e. The lowest BCUT2D eigenvalue weighted by atomic mass is 10.2. The van der Waals surface area contributed by atoms with Crippen LogP contribution in [0, 0.1) is 0 Å². The topological polar surface area (TPSA) is 50.7 Å². The van der Waals surface area contributed by atoms with Crippen molar-refractivity contribution in [1.29, 1.82) is 0 Å². The van der Waals surface area contributed by atoms with E-state index in [2.05, 4.69) is 20.3 Å². The zero-order valence-electron chi connectivity index (χ0n) is 9.36. The van der Waals surface area contributed by atoms with Crippen LogP contribution >= 0.6 is 11.6 Å². The zero-order valence-corrected chi connectivity index (χ0v) is 10.1. The van der Waals surface area contributed by atoms with Gasteiger partial charge in [-0.05, 0) is 30.5 Å². The maximum absolute atomic E-state index is 5.92. The molecule has 0 bridgehead atoms. The summed E-state index contributed by atoms with van der Waals surface area (Å²) in [4.78, 5) is 12.5. The second kappa shape index (κ2) is 4.45. The van der Waals surface area contributed by atoms with Gasteiger partial charge in [-0.15, -0.1) is 0 Å². The van der Waals surface area contributed by atoms with Crippen molar-refractivity contribution in [2.45, 2.75) is 31.7 Å². The SMILES string of the molecule is Clc1nc(NC2CCCC2)c2ccncc2n1. The van der Waals surface area contributed by atoms with Gasteiger partial charge in [0.2, 0.25) is 5.28 Å². The van der Waals surface area contributed by atoms with Gasteiger partial charge in [-0.3, -0.25) is 4.98 Å². The summed E-state index contributed by atoms with van der Waals surface area (Å²) in [5, 5.41) is 4.71. The summed E-state index contributed by atoms with van der Waals surface area (Å²) < 4.78 is 0. The molecule has 0 amide bonds. The third-order valence-corrected chi connectivity index (χ3v) is 3.34. The first-order chi connectivity index (χ1) is 8.33. The number of rotatable bonds is 2. The molecule has 0 aromatic carbocycles. The molecule has 0 radical (unpaired) electrons. The first-order valence-electron chi connectivity index (χ1n) is 5.87. The van der Waals surface area contributed by atoms with Gasteiger partial charge >= 0.3 is 0 Å². The van der Waals surface area contributed by atoms with Gasteiger partial charge in [-0.2, -0.15) is 0 Å². The van der Waals surface area contributed by atoms with Crippen LogP contribution in [-0.2, 0) is 0 Å². The third kappa shape index (κ3) is 2.17. The van der Waals surface area contributed by atoms with Crippen molar-refractivity contribution in [3.8, 4) is 0 Å². The summed E-state index contributed by atoms with van der Waals surface area (Å²) in [5.74, 6) is 0.828. The van der Waals surface area contributed by atoms with E-state index in [-0.39, 0.29) is 5.28 Å². The van der Waals surface area contributed by atoms with Crippen LogP contribution in [0.15, 0.2) is 18.5 Å². The number of fused-ring (bicyclic) bond motifs is 1. The predicted molar refractivity (Wildman–Crippen MR) is 68.2 cm³/mol. The van der Waals surface area contributed by atoms with Crippen LogP contribution in [0.2, 0.25) is 5.28 Å². The van der Waals surface area contributed by atoms with E-state index in [1.54, 1.807) is 12.4 Å². The average molecular weight is 249 g/mol. The minimum Gasteiger partial charge on any atom is -0.367 e. The quantitative estimate of drug-likeness (QED) is 0.830. The lowest BCUT2D eigenvalue weighted by Crippen LogP contribution is -2.16. The largest absolute Gasteiger partial charge is 0.367 e. The summed E-state index contributed by atoms with van der Waals surface area (Å²) >= 11 is 5.92. The van der Waals surface area contributed by atoms with Gasteiger partial charge in [0.25, 0.3) is 0 Å². The van der Waals surface area contributed by atoms with Crippen molar-refractivity contribution in [3.05, 3.63) is 23.7 Å². The van der Waals surface area contributed by atoms with E-state index in [0.717, 1.165) is 16.7 Å². The molecule has 88 valence electrons. The van der Waals surface area contributed by atoms with Crippen molar-refractivity contribution in [1.82, 2.24) is 15.0 Å². The van der Waals surface area contributed by atoms with E-state index in [9.17, 15) is 0 Å². The minimum atomic E-state index is 0.269. The second-order valence-corrected chi connectivity index (χ2v) is 4.70. The molecule has 5 heteroatoms. The maximum atomic E-state index is 5.92. The van der Waals surface area contributed by atoms with E-state index < -0.39 is 0 Å². The molecule has 0 unspecified atom stereocenters. The molecule has 1 aliphatic rings. The zero-order chi connectivity index (χ0) is 11.7. The fourth-order valence-corrected chi connectivity index (χ4v) is 2.50. The molecule has 4 nitrogen and oxygen atoms in total. The molecule has 2 aromatic heterocycles. The van der Waals surface area contributed by atoms with Crippen molar-refractivity contribution in [2.24, 2.45) is 0 Å². The second-order valence-electron chi connectivity index (χ2n) is 4.36. The van der Waals surface area contributed by atoms with Crippen LogP contribution < -0.4 is 5.32 Å². The van der Waals surface area contributed by atoms with Crippen LogP contribution in [0.5, 0.6) is 0 Å². The van der Waals surface area contributed by atoms with Gasteiger partial charge in [0.05, 0.1) is 11.7 Å². The molecule has 0 saturated heterocycles. The highest BCUT2D eigenvalue weighted by atomic mass is 35.5. The Morgan fingerprint density at radius 2 is 2.06 bits per heavy atom. The Hall–Kier alpha value is -1.42. The first kappa shape index (κ1) is 10.7. The molecular formula is C12H13ClN4. The molecule has 1 saturated carbocycles. The summed E-state index contributed by atoms with van der Waals surface area (Å²) in [7, 11) is 0. The maximum Gasteiger partial charge on any atom is 0.224 e. The molecule has 0 aliphatic heterocycles. The number of pyridine rings is 1. The van der Waals surface area contributed by atoms with Gasteiger partial charge in [0.1, 0.15) is 5.82 Å². The highest BCUT2D eigenvalue weighted by Gasteiger charge is 2.16. The monoisotopic (exact) mass is 248 g/mol. The fraction of sp³-hybridized carbons (Fsp3) is 0.417. The van der Waals surface area contributed by atoms with Crippen molar-refractivity contribution in [3.63, 3.8) is 0 Å². The normalized spacial score (nSPS) is 16.5. The Morgan fingerprint density at radius 3 is 2.88 bits per heavy atom. The molecule has 3 rings (SSSR count). The van der Waals surface area contributed by atoms with Crippen molar-refractivity contribution in [2.75, 3.05) is 5.32 Å². The highest BCUT2D eigenvalue weighted by molar-refractivity contribution is 6.28. The van der Waals surface area contributed by atoms with E-state index in [4.69, 9.17) is 11.6 Å². The van der Waals surface area contributed by atoms with Gasteiger partial charge in [-0.1, -0.05) is 12.8 Å². The van der Waals surface area contributed by atoms with E-state index in [1.807, 2.05) is 6.07 Å². The summed E-state index contributed by atoms with van der Waals surface area (Å²) in [5.41, 5.74) is 0.785. The molecule has 1 aliphatic carbocycles. The number of anilines is 1. The summed E-state index contributed by atoms with van der Waals surface area (Å²) in [6.45, 7) is 0. The molecular weight excluding hydrogens is 236 g/mol. The molecule has 17 heavy (non-hydrogen) atoms. The Bertz CT molecular complexity index is 537. The van der Waals surface area contributed by atoms with Gasteiger partial charge in [0, 0.05) is 17.6 Å². The van der Waals surface area contributed by atoms with Crippen LogP contribution in [0.4, 0.5) is 5.82 Å². The minimum absolute atomic E-state index is 0.269. The highest BCUT2D eigenvalue weighted by Crippen LogP contribution is 2.26. The molecule has 1 N–H and O–H groups in total. The molecule has 2 heterocycles. The average Bonchev–Trinajstić information content (AvgIpc) is 2.81. The summed E-state index contributed by atoms with van der Waals surface area (Å²) in [6, 6.07) is 2.43. The van der Waals surface area contributed by atoms with Crippen molar-refractivity contribution >= 4 is 28.3 Å². The van der Waals surface area contributed by atoms with Crippen LogP contribution in [0.3, 0.4) is 0 Å². The lowest BCUT2D eigenvalue weighted by molar-refractivity contribution is 0.751. The number of aromatic nitrogens is 3. The number of hydrogen-bond acceptors (Lipinski definition) is 4. The third-order valence-electron chi connectivity index (χ3n) is 3.17. The lowest BCUT2D eigenvalue weighted by Gasteiger charge is -2.14. The van der Waals surface area contributed by atoms with Crippen LogP contribution in [0.1, 0.15) is 25.7 Å². The molecule has 0 atom stereocenters. The number of nitrogens with one attached hydrogen (secondary N) is 1. The number of halogens is 1. The molecule has 0 spiro atoms. The van der Waals surface area contributed by atoms with E-state index in [0.29, 0.717) is 6.04 Å². The van der Waals surface area contributed by atoms with Gasteiger partial charge in [-0.25, -0.2) is 9.97 Å².